The second-order valence-electron chi connectivity index (χ2n) is 6.47. The lowest BCUT2D eigenvalue weighted by Crippen LogP contribution is -2.32. The van der Waals surface area contributed by atoms with Crippen molar-refractivity contribution < 1.29 is 9.13 Å². The summed E-state index contributed by atoms with van der Waals surface area (Å²) in [5.74, 6) is -0.163. The van der Waals surface area contributed by atoms with Crippen molar-refractivity contribution in [2.24, 2.45) is 0 Å². The van der Waals surface area contributed by atoms with E-state index >= 15 is 0 Å². The van der Waals surface area contributed by atoms with Crippen molar-refractivity contribution in [2.45, 2.75) is 50.5 Å². The van der Waals surface area contributed by atoms with E-state index in [1.165, 1.54) is 18.9 Å². The predicted molar refractivity (Wildman–Crippen MR) is 81.7 cm³/mol. The van der Waals surface area contributed by atoms with Crippen LogP contribution < -0.4 is 5.32 Å². The lowest BCUT2D eigenvalue weighted by molar-refractivity contribution is 0.0265. The lowest BCUT2D eigenvalue weighted by Gasteiger charge is -2.21. The molecule has 1 heterocycles. The topological polar surface area (TPSA) is 24.5 Å². The first-order chi connectivity index (χ1) is 10.2. The van der Waals surface area contributed by atoms with Gasteiger partial charge in [0.25, 0.3) is 0 Å². The van der Waals surface area contributed by atoms with Crippen LogP contribution in [0.1, 0.15) is 31.2 Å². The second kappa shape index (κ2) is 6.86. The van der Waals surface area contributed by atoms with Gasteiger partial charge in [0, 0.05) is 25.7 Å². The molecule has 2 atom stereocenters. The number of nitrogens with one attached hydrogen (secondary N) is 1. The minimum atomic E-state index is -0.163. The van der Waals surface area contributed by atoms with Gasteiger partial charge in [-0.05, 0) is 50.4 Å². The van der Waals surface area contributed by atoms with Crippen molar-refractivity contribution in [3.63, 3.8) is 0 Å². The highest BCUT2D eigenvalue weighted by molar-refractivity contribution is 5.16. The highest BCUT2D eigenvalue weighted by Gasteiger charge is 2.28. The average Bonchev–Trinajstić information content (AvgIpc) is 3.17. The Bertz CT molecular complexity index is 464. The number of halogens is 1. The maximum absolute atomic E-state index is 13.2. The van der Waals surface area contributed by atoms with Gasteiger partial charge in [-0.15, -0.1) is 0 Å². The molecule has 1 saturated heterocycles. The smallest absolute Gasteiger partial charge is 0.123 e. The molecule has 1 aliphatic carbocycles. The molecule has 3 nitrogen and oxygen atoms in total. The molecule has 0 aromatic heterocycles. The fraction of sp³-hybridized carbons (Fsp3) is 0.647. The van der Waals surface area contributed by atoms with E-state index < -0.39 is 0 Å². The minimum absolute atomic E-state index is 0.163. The van der Waals surface area contributed by atoms with Crippen LogP contribution in [0.4, 0.5) is 4.39 Å². The summed E-state index contributed by atoms with van der Waals surface area (Å²) in [4.78, 5) is 2.22. The summed E-state index contributed by atoms with van der Waals surface area (Å²) in [7, 11) is 2.07. The Balaban J connectivity index is 1.39. The molecule has 4 heteroatoms. The van der Waals surface area contributed by atoms with Gasteiger partial charge in [-0.25, -0.2) is 4.39 Å². The molecule has 1 aromatic rings. The second-order valence-corrected chi connectivity index (χ2v) is 6.47. The zero-order valence-electron chi connectivity index (χ0n) is 12.7. The van der Waals surface area contributed by atoms with Gasteiger partial charge in [0.1, 0.15) is 5.82 Å². The van der Waals surface area contributed by atoms with E-state index in [1.54, 1.807) is 12.1 Å². The van der Waals surface area contributed by atoms with Crippen LogP contribution in [0.3, 0.4) is 0 Å². The molecule has 1 aliphatic heterocycles. The monoisotopic (exact) mass is 292 g/mol. The van der Waals surface area contributed by atoms with E-state index in [1.807, 2.05) is 6.07 Å². The van der Waals surface area contributed by atoms with E-state index in [9.17, 15) is 4.39 Å². The third kappa shape index (κ3) is 4.77. The van der Waals surface area contributed by atoms with Crippen LogP contribution in [0.5, 0.6) is 0 Å². The molecule has 116 valence electrons. The van der Waals surface area contributed by atoms with Crippen molar-refractivity contribution in [3.8, 4) is 0 Å². The Labute approximate surface area is 126 Å². The van der Waals surface area contributed by atoms with Crippen molar-refractivity contribution in [1.82, 2.24) is 10.2 Å². The molecule has 0 spiro atoms. The highest BCUT2D eigenvalue weighted by atomic mass is 19.1. The van der Waals surface area contributed by atoms with Crippen LogP contribution in [-0.2, 0) is 11.3 Å². The van der Waals surface area contributed by atoms with E-state index in [-0.39, 0.29) is 5.82 Å². The van der Waals surface area contributed by atoms with Gasteiger partial charge < -0.3 is 10.1 Å². The molecular weight excluding hydrogens is 267 g/mol. The number of hydrogen-bond acceptors (Lipinski definition) is 3. The summed E-state index contributed by atoms with van der Waals surface area (Å²) in [6, 6.07) is 7.58. The first-order valence-corrected chi connectivity index (χ1v) is 8.01. The molecule has 2 unspecified atom stereocenters. The zero-order valence-corrected chi connectivity index (χ0v) is 12.7. The molecule has 21 heavy (non-hydrogen) atoms. The van der Waals surface area contributed by atoms with Crippen LogP contribution in [0.2, 0.25) is 0 Å². The Morgan fingerprint density at radius 1 is 1.24 bits per heavy atom. The predicted octanol–water partition coefficient (Wildman–Crippen LogP) is 2.56. The fourth-order valence-corrected chi connectivity index (χ4v) is 3.01. The number of nitrogens with zero attached hydrogens (tertiary/aromatic N) is 1. The third-order valence-corrected chi connectivity index (χ3v) is 4.26. The molecule has 1 saturated carbocycles. The molecular formula is C17H25FN2O. The quantitative estimate of drug-likeness (QED) is 0.836. The zero-order chi connectivity index (χ0) is 14.7. The first kappa shape index (κ1) is 14.9. The van der Waals surface area contributed by atoms with Gasteiger partial charge >= 0.3 is 0 Å². The number of ether oxygens (including phenoxy) is 1. The van der Waals surface area contributed by atoms with E-state index in [0.29, 0.717) is 12.2 Å². The van der Waals surface area contributed by atoms with Crippen LogP contribution >= 0.6 is 0 Å². The van der Waals surface area contributed by atoms with Gasteiger partial charge in [-0.3, -0.25) is 4.90 Å². The van der Waals surface area contributed by atoms with Crippen molar-refractivity contribution in [1.29, 1.82) is 0 Å². The van der Waals surface area contributed by atoms with Gasteiger partial charge in [0.05, 0.1) is 12.2 Å². The molecule has 0 bridgehead atoms. The lowest BCUT2D eigenvalue weighted by atomic mass is 10.1. The third-order valence-electron chi connectivity index (χ3n) is 4.26. The molecule has 2 fully saturated rings. The van der Waals surface area contributed by atoms with Gasteiger partial charge in [0.2, 0.25) is 0 Å². The number of rotatable bonds is 7. The summed E-state index contributed by atoms with van der Waals surface area (Å²) < 4.78 is 19.3. The van der Waals surface area contributed by atoms with Gasteiger partial charge in [-0.2, -0.15) is 0 Å². The SMILES string of the molecule is CN(Cc1cccc(F)c1)CC1CCC(CNC2CC2)O1. The van der Waals surface area contributed by atoms with Gasteiger partial charge in [0.15, 0.2) is 0 Å². The van der Waals surface area contributed by atoms with E-state index in [2.05, 4.69) is 17.3 Å². The van der Waals surface area contributed by atoms with E-state index in [4.69, 9.17) is 4.74 Å². The summed E-state index contributed by atoms with van der Waals surface area (Å²) in [6.07, 6.45) is 5.62. The summed E-state index contributed by atoms with van der Waals surface area (Å²) in [6.45, 7) is 2.67. The Morgan fingerprint density at radius 2 is 2.05 bits per heavy atom. The first-order valence-electron chi connectivity index (χ1n) is 8.01. The van der Waals surface area contributed by atoms with Crippen LogP contribution in [0, 0.1) is 5.82 Å². The molecule has 3 rings (SSSR count). The molecule has 1 aromatic carbocycles. The highest BCUT2D eigenvalue weighted by Crippen LogP contribution is 2.23. The molecule has 1 N–H and O–H groups in total. The van der Waals surface area contributed by atoms with Crippen molar-refractivity contribution >= 4 is 0 Å². The summed E-state index contributed by atoms with van der Waals surface area (Å²) in [5.41, 5.74) is 1.02. The summed E-state index contributed by atoms with van der Waals surface area (Å²) >= 11 is 0. The Morgan fingerprint density at radius 3 is 2.81 bits per heavy atom. The van der Waals surface area contributed by atoms with E-state index in [0.717, 1.165) is 44.1 Å². The van der Waals surface area contributed by atoms with Crippen LogP contribution in [-0.4, -0.2) is 43.3 Å². The average molecular weight is 292 g/mol. The summed E-state index contributed by atoms with van der Waals surface area (Å²) in [5, 5.41) is 3.54. The van der Waals surface area contributed by atoms with Crippen LogP contribution in [0.15, 0.2) is 24.3 Å². The largest absolute Gasteiger partial charge is 0.372 e. The number of benzene rings is 1. The Kier molecular flexibility index (Phi) is 4.88. The van der Waals surface area contributed by atoms with Crippen LogP contribution in [0.25, 0.3) is 0 Å². The fourth-order valence-electron chi connectivity index (χ4n) is 3.01. The number of likely N-dealkylation sites (N-methyl/N-ethyl adjacent to an activating group) is 1. The van der Waals surface area contributed by atoms with Crippen molar-refractivity contribution in [3.05, 3.63) is 35.6 Å². The van der Waals surface area contributed by atoms with Crippen molar-refractivity contribution in [2.75, 3.05) is 20.1 Å². The molecule has 0 amide bonds. The Hall–Kier alpha value is -0.970. The normalized spacial score (nSPS) is 25.7. The maximum atomic E-state index is 13.2. The van der Waals surface area contributed by atoms with Gasteiger partial charge in [-0.1, -0.05) is 12.1 Å². The minimum Gasteiger partial charge on any atom is -0.372 e. The molecule has 2 aliphatic rings. The number of hydrogen-bond donors (Lipinski definition) is 1. The molecule has 0 radical (unpaired) electrons. The standard InChI is InChI=1S/C17H25FN2O/c1-20(11-13-3-2-4-14(18)9-13)12-17-8-7-16(21-17)10-19-15-5-6-15/h2-4,9,15-17,19H,5-8,10-12H2,1H3. The maximum Gasteiger partial charge on any atom is 0.123 e.